The highest BCUT2D eigenvalue weighted by atomic mass is 32.2. The van der Waals surface area contributed by atoms with Crippen molar-refractivity contribution in [2.24, 2.45) is 5.92 Å². The van der Waals surface area contributed by atoms with Crippen molar-refractivity contribution < 1.29 is 0 Å². The molecule has 0 aromatic heterocycles. The Hall–Kier alpha value is -1.45. The number of para-hydroxylation sites is 2. The maximum absolute atomic E-state index is 2.48. The summed E-state index contributed by atoms with van der Waals surface area (Å²) in [4.78, 5) is 7.46. The van der Waals surface area contributed by atoms with Gasteiger partial charge in [-0.05, 0) is 44.3 Å². The van der Waals surface area contributed by atoms with Crippen LogP contribution in [0.25, 0.3) is 0 Å². The monoisotopic (exact) mass is 298 g/mol. The second-order valence-corrected chi connectivity index (χ2v) is 7.10. The minimum Gasteiger partial charge on any atom is -0.339 e. The van der Waals surface area contributed by atoms with E-state index in [2.05, 4.69) is 79.3 Å². The second-order valence-electron chi connectivity index (χ2n) is 6.02. The maximum Gasteiger partial charge on any atom is 0.0552 e. The molecular formula is C18H22N2S. The van der Waals surface area contributed by atoms with Crippen LogP contribution >= 0.6 is 11.8 Å². The van der Waals surface area contributed by atoms with Crippen molar-refractivity contribution in [2.45, 2.75) is 16.7 Å². The highest BCUT2D eigenvalue weighted by Gasteiger charge is 2.23. The lowest BCUT2D eigenvalue weighted by atomic mass is 10.1. The van der Waals surface area contributed by atoms with Crippen LogP contribution in [0.15, 0.2) is 58.3 Å². The SMILES string of the molecule is C[C@@H](CN(C)C)CN1c2ccccc2Sc2ccccc21. The summed E-state index contributed by atoms with van der Waals surface area (Å²) >= 11 is 1.88. The lowest BCUT2D eigenvalue weighted by Crippen LogP contribution is -2.31. The molecule has 110 valence electrons. The molecule has 1 heterocycles. The molecule has 2 aromatic rings. The van der Waals surface area contributed by atoms with Crippen molar-refractivity contribution in [3.63, 3.8) is 0 Å². The van der Waals surface area contributed by atoms with Crippen molar-refractivity contribution in [3.05, 3.63) is 48.5 Å². The van der Waals surface area contributed by atoms with Gasteiger partial charge in [0.1, 0.15) is 0 Å². The molecule has 1 aliphatic heterocycles. The number of benzene rings is 2. The van der Waals surface area contributed by atoms with Gasteiger partial charge in [-0.1, -0.05) is 43.0 Å². The molecule has 0 saturated carbocycles. The van der Waals surface area contributed by atoms with E-state index < -0.39 is 0 Å². The average Bonchev–Trinajstić information content (AvgIpc) is 2.46. The first-order valence-corrected chi connectivity index (χ1v) is 8.25. The van der Waals surface area contributed by atoms with E-state index in [-0.39, 0.29) is 0 Å². The summed E-state index contributed by atoms with van der Waals surface area (Å²) in [5, 5.41) is 0. The first-order chi connectivity index (χ1) is 10.1. The third kappa shape index (κ3) is 3.09. The van der Waals surface area contributed by atoms with E-state index in [9.17, 15) is 0 Å². The summed E-state index contributed by atoms with van der Waals surface area (Å²) in [6.07, 6.45) is 0. The van der Waals surface area contributed by atoms with Crippen LogP contribution in [0.5, 0.6) is 0 Å². The lowest BCUT2D eigenvalue weighted by molar-refractivity contribution is 0.343. The Morgan fingerprint density at radius 2 is 1.48 bits per heavy atom. The van der Waals surface area contributed by atoms with E-state index in [4.69, 9.17) is 0 Å². The van der Waals surface area contributed by atoms with Crippen LogP contribution in [0.2, 0.25) is 0 Å². The lowest BCUT2D eigenvalue weighted by Gasteiger charge is -2.35. The van der Waals surface area contributed by atoms with Gasteiger partial charge in [0, 0.05) is 22.9 Å². The van der Waals surface area contributed by atoms with Crippen molar-refractivity contribution in [2.75, 3.05) is 32.1 Å². The zero-order valence-corrected chi connectivity index (χ0v) is 13.7. The van der Waals surface area contributed by atoms with Crippen molar-refractivity contribution in [3.8, 4) is 0 Å². The Bertz CT molecular complexity index is 579. The molecule has 0 spiro atoms. The smallest absolute Gasteiger partial charge is 0.0552 e. The van der Waals surface area contributed by atoms with E-state index in [1.807, 2.05) is 11.8 Å². The molecule has 0 N–H and O–H groups in total. The number of hydrogen-bond acceptors (Lipinski definition) is 3. The van der Waals surface area contributed by atoms with Gasteiger partial charge in [-0.25, -0.2) is 0 Å². The van der Waals surface area contributed by atoms with Gasteiger partial charge in [-0.3, -0.25) is 0 Å². The largest absolute Gasteiger partial charge is 0.339 e. The summed E-state index contributed by atoms with van der Waals surface area (Å²) in [6, 6.07) is 17.4. The molecule has 1 atom stereocenters. The highest BCUT2D eigenvalue weighted by Crippen LogP contribution is 2.47. The molecule has 0 amide bonds. The van der Waals surface area contributed by atoms with E-state index in [1.54, 1.807) is 0 Å². The average molecular weight is 298 g/mol. The van der Waals surface area contributed by atoms with E-state index in [1.165, 1.54) is 21.2 Å². The fourth-order valence-electron chi connectivity index (χ4n) is 2.97. The molecule has 0 saturated heterocycles. The third-order valence-electron chi connectivity index (χ3n) is 3.70. The molecule has 0 bridgehead atoms. The zero-order valence-electron chi connectivity index (χ0n) is 12.9. The van der Waals surface area contributed by atoms with Gasteiger partial charge in [-0.2, -0.15) is 0 Å². The minimum atomic E-state index is 0.615. The van der Waals surface area contributed by atoms with Crippen LogP contribution in [0.4, 0.5) is 11.4 Å². The molecule has 2 aromatic carbocycles. The van der Waals surface area contributed by atoms with Crippen LogP contribution in [0.1, 0.15) is 6.92 Å². The minimum absolute atomic E-state index is 0.615. The Balaban J connectivity index is 1.95. The normalized spacial score (nSPS) is 14.8. The molecule has 21 heavy (non-hydrogen) atoms. The molecule has 0 radical (unpaired) electrons. The van der Waals surface area contributed by atoms with Gasteiger partial charge in [-0.15, -0.1) is 0 Å². The molecule has 0 unspecified atom stereocenters. The molecule has 2 nitrogen and oxygen atoms in total. The van der Waals surface area contributed by atoms with Gasteiger partial charge < -0.3 is 9.80 Å². The van der Waals surface area contributed by atoms with Gasteiger partial charge in [0.15, 0.2) is 0 Å². The van der Waals surface area contributed by atoms with Gasteiger partial charge in [0.2, 0.25) is 0 Å². The molecular weight excluding hydrogens is 276 g/mol. The predicted octanol–water partition coefficient (Wildman–Crippen LogP) is 4.49. The molecule has 1 aliphatic rings. The second kappa shape index (κ2) is 6.12. The summed E-state index contributed by atoms with van der Waals surface area (Å²) in [5.41, 5.74) is 2.68. The van der Waals surface area contributed by atoms with Crippen LogP contribution in [-0.4, -0.2) is 32.1 Å². The van der Waals surface area contributed by atoms with Gasteiger partial charge in [0.25, 0.3) is 0 Å². The zero-order chi connectivity index (χ0) is 14.8. The number of anilines is 2. The quantitative estimate of drug-likeness (QED) is 0.821. The van der Waals surface area contributed by atoms with Crippen molar-refractivity contribution in [1.29, 1.82) is 0 Å². The summed E-state index contributed by atoms with van der Waals surface area (Å²) < 4.78 is 0. The molecule has 3 heteroatoms. The first-order valence-electron chi connectivity index (χ1n) is 7.43. The van der Waals surface area contributed by atoms with Crippen LogP contribution in [0, 0.1) is 5.92 Å². The van der Waals surface area contributed by atoms with E-state index >= 15 is 0 Å². The van der Waals surface area contributed by atoms with Gasteiger partial charge >= 0.3 is 0 Å². The predicted molar refractivity (Wildman–Crippen MR) is 91.7 cm³/mol. The van der Waals surface area contributed by atoms with E-state index in [0.29, 0.717) is 5.92 Å². The fraction of sp³-hybridized carbons (Fsp3) is 0.333. The summed E-state index contributed by atoms with van der Waals surface area (Å²) in [5.74, 6) is 0.615. The number of rotatable bonds is 4. The number of nitrogens with zero attached hydrogens (tertiary/aromatic N) is 2. The Kier molecular flexibility index (Phi) is 4.22. The number of fused-ring (bicyclic) bond motifs is 2. The Labute approximate surface area is 131 Å². The maximum atomic E-state index is 2.48. The first kappa shape index (κ1) is 14.5. The Morgan fingerprint density at radius 3 is 2.00 bits per heavy atom. The topological polar surface area (TPSA) is 6.48 Å². The third-order valence-corrected chi connectivity index (χ3v) is 4.83. The molecule has 0 fully saturated rings. The molecule has 3 rings (SSSR count). The van der Waals surface area contributed by atoms with Crippen LogP contribution in [-0.2, 0) is 0 Å². The summed E-state index contributed by atoms with van der Waals surface area (Å²) in [7, 11) is 4.29. The number of hydrogen-bond donors (Lipinski definition) is 0. The van der Waals surface area contributed by atoms with Crippen molar-refractivity contribution in [1.82, 2.24) is 4.90 Å². The van der Waals surface area contributed by atoms with Crippen molar-refractivity contribution >= 4 is 23.1 Å². The summed E-state index contributed by atoms with van der Waals surface area (Å²) in [6.45, 7) is 4.48. The van der Waals surface area contributed by atoms with Gasteiger partial charge in [0.05, 0.1) is 11.4 Å². The van der Waals surface area contributed by atoms with Crippen LogP contribution in [0.3, 0.4) is 0 Å². The molecule has 0 aliphatic carbocycles. The van der Waals surface area contributed by atoms with E-state index in [0.717, 1.165) is 13.1 Å². The fourth-order valence-corrected chi connectivity index (χ4v) is 4.07. The standard InChI is InChI=1S/C18H22N2S/c1-14(12-19(2)3)13-20-15-8-4-6-10-17(15)21-18-11-7-5-9-16(18)20/h4-11,14H,12-13H2,1-3H3/t14-/m0/s1. The Morgan fingerprint density at radius 1 is 0.952 bits per heavy atom. The van der Waals surface area contributed by atoms with Crippen LogP contribution < -0.4 is 4.90 Å². The highest BCUT2D eigenvalue weighted by molar-refractivity contribution is 7.99.